The van der Waals surface area contributed by atoms with Crippen molar-refractivity contribution in [3.05, 3.63) is 0 Å². The van der Waals surface area contributed by atoms with E-state index in [0.29, 0.717) is 13.0 Å². The topological polar surface area (TPSA) is 165 Å². The Bertz CT molecular complexity index is 523. The van der Waals surface area contributed by atoms with Crippen LogP contribution in [0, 0.1) is 0 Å². The number of hydrogen-bond acceptors (Lipinski definition) is 7. The van der Waals surface area contributed by atoms with Gasteiger partial charge in [0, 0.05) is 13.0 Å². The molecule has 0 aliphatic carbocycles. The SMILES string of the molecule is CNCCCC(=O)NC(CCNC(=O)CN(CC(=O)O)CC(=O)O)C(C)=O. The van der Waals surface area contributed by atoms with Gasteiger partial charge in [0.05, 0.1) is 25.7 Å². The Kier molecular flexibility index (Phi) is 12.4. The third-order valence-corrected chi connectivity index (χ3v) is 3.50. The highest BCUT2D eigenvalue weighted by atomic mass is 16.4. The molecule has 1 atom stereocenters. The largest absolute Gasteiger partial charge is 0.480 e. The molecule has 0 bridgehead atoms. The Morgan fingerprint density at radius 3 is 2.00 bits per heavy atom. The molecule has 0 saturated heterocycles. The van der Waals surface area contributed by atoms with E-state index in [4.69, 9.17) is 10.2 Å². The van der Waals surface area contributed by atoms with Crippen molar-refractivity contribution in [2.75, 3.05) is 39.8 Å². The molecule has 0 radical (unpaired) electrons. The molecule has 154 valence electrons. The fourth-order valence-corrected chi connectivity index (χ4v) is 2.23. The molecule has 27 heavy (non-hydrogen) atoms. The van der Waals surface area contributed by atoms with Crippen molar-refractivity contribution in [3.63, 3.8) is 0 Å². The monoisotopic (exact) mass is 388 g/mol. The van der Waals surface area contributed by atoms with Crippen molar-refractivity contribution in [1.29, 1.82) is 0 Å². The van der Waals surface area contributed by atoms with Gasteiger partial charge in [-0.2, -0.15) is 0 Å². The van der Waals surface area contributed by atoms with Crippen LogP contribution >= 0.6 is 0 Å². The summed E-state index contributed by atoms with van der Waals surface area (Å²) in [6.45, 7) is 0.518. The van der Waals surface area contributed by atoms with Crippen LogP contribution in [-0.4, -0.2) is 90.5 Å². The van der Waals surface area contributed by atoms with Gasteiger partial charge in [0.2, 0.25) is 11.8 Å². The van der Waals surface area contributed by atoms with Crippen LogP contribution in [0.5, 0.6) is 0 Å². The number of carboxylic acid groups (broad SMARTS) is 2. The standard InChI is InChI=1S/C16H28N4O7/c1-11(21)12(19-13(22)4-3-6-17-2)5-7-18-14(23)8-20(9-15(24)25)10-16(26)27/h12,17H,3-10H2,1-2H3,(H,18,23)(H,19,22)(H,24,25)(H,26,27). The highest BCUT2D eigenvalue weighted by molar-refractivity contribution is 5.87. The Morgan fingerprint density at radius 1 is 0.926 bits per heavy atom. The lowest BCUT2D eigenvalue weighted by atomic mass is 10.1. The molecule has 0 fully saturated rings. The van der Waals surface area contributed by atoms with E-state index in [1.807, 2.05) is 0 Å². The Balaban J connectivity index is 4.38. The molecule has 11 heteroatoms. The molecular formula is C16H28N4O7. The number of nitrogens with one attached hydrogen (secondary N) is 3. The summed E-state index contributed by atoms with van der Waals surface area (Å²) < 4.78 is 0. The van der Waals surface area contributed by atoms with Crippen LogP contribution in [0.4, 0.5) is 0 Å². The molecule has 2 amide bonds. The fraction of sp³-hybridized carbons (Fsp3) is 0.688. The number of aliphatic carboxylic acids is 2. The first kappa shape index (κ1) is 24.5. The maximum atomic E-state index is 11.8. The Hall–Kier alpha value is -2.53. The molecule has 11 nitrogen and oxygen atoms in total. The van der Waals surface area contributed by atoms with Gasteiger partial charge in [-0.15, -0.1) is 0 Å². The number of rotatable bonds is 15. The molecule has 0 heterocycles. The maximum absolute atomic E-state index is 11.8. The molecule has 1 unspecified atom stereocenters. The van der Waals surface area contributed by atoms with Gasteiger partial charge in [-0.25, -0.2) is 0 Å². The van der Waals surface area contributed by atoms with Crippen LogP contribution in [0.2, 0.25) is 0 Å². The van der Waals surface area contributed by atoms with E-state index in [2.05, 4.69) is 16.0 Å². The molecule has 0 spiro atoms. The number of Topliss-reactive ketones (excluding diaryl/α,β-unsaturated/α-hetero) is 1. The van der Waals surface area contributed by atoms with Crippen LogP contribution < -0.4 is 16.0 Å². The van der Waals surface area contributed by atoms with Crippen molar-refractivity contribution in [2.24, 2.45) is 0 Å². The predicted molar refractivity (Wildman–Crippen MR) is 95.1 cm³/mol. The van der Waals surface area contributed by atoms with Crippen LogP contribution in [0.25, 0.3) is 0 Å². The molecule has 0 aromatic carbocycles. The molecule has 0 aliphatic heterocycles. The van der Waals surface area contributed by atoms with Crippen molar-refractivity contribution < 1.29 is 34.2 Å². The zero-order valence-electron chi connectivity index (χ0n) is 15.6. The van der Waals surface area contributed by atoms with Gasteiger partial charge >= 0.3 is 11.9 Å². The maximum Gasteiger partial charge on any atom is 0.317 e. The minimum absolute atomic E-state index is 0.0772. The second-order valence-electron chi connectivity index (χ2n) is 6.01. The van der Waals surface area contributed by atoms with E-state index >= 15 is 0 Å². The van der Waals surface area contributed by atoms with E-state index < -0.39 is 43.5 Å². The van der Waals surface area contributed by atoms with Crippen molar-refractivity contribution in [3.8, 4) is 0 Å². The number of carboxylic acids is 2. The van der Waals surface area contributed by atoms with E-state index in [1.54, 1.807) is 7.05 Å². The zero-order chi connectivity index (χ0) is 20.8. The third-order valence-electron chi connectivity index (χ3n) is 3.50. The third kappa shape index (κ3) is 13.3. The number of carbonyl (C=O) groups is 5. The van der Waals surface area contributed by atoms with Gasteiger partial charge in [-0.05, 0) is 33.4 Å². The summed E-state index contributed by atoms with van der Waals surface area (Å²) in [6.07, 6.45) is 1.08. The average molecular weight is 388 g/mol. The van der Waals surface area contributed by atoms with Crippen LogP contribution in [0.3, 0.4) is 0 Å². The van der Waals surface area contributed by atoms with E-state index in [0.717, 1.165) is 4.90 Å². The van der Waals surface area contributed by atoms with Crippen LogP contribution in [0.15, 0.2) is 0 Å². The fourth-order valence-electron chi connectivity index (χ4n) is 2.23. The first-order chi connectivity index (χ1) is 12.6. The molecule has 0 aromatic rings. The van der Waals surface area contributed by atoms with Crippen molar-refractivity contribution in [2.45, 2.75) is 32.2 Å². The number of amides is 2. The number of nitrogens with zero attached hydrogens (tertiary/aromatic N) is 1. The number of ketones is 1. The van der Waals surface area contributed by atoms with E-state index in [1.165, 1.54) is 6.92 Å². The van der Waals surface area contributed by atoms with Gasteiger partial charge in [-0.1, -0.05) is 0 Å². The molecular weight excluding hydrogens is 360 g/mol. The minimum Gasteiger partial charge on any atom is -0.480 e. The van der Waals surface area contributed by atoms with Gasteiger partial charge in [0.15, 0.2) is 5.78 Å². The van der Waals surface area contributed by atoms with Gasteiger partial charge in [-0.3, -0.25) is 28.9 Å². The van der Waals surface area contributed by atoms with E-state index in [-0.39, 0.29) is 31.1 Å². The minimum atomic E-state index is -1.25. The average Bonchev–Trinajstić information content (AvgIpc) is 2.52. The lowest BCUT2D eigenvalue weighted by Gasteiger charge is -2.19. The van der Waals surface area contributed by atoms with Gasteiger partial charge < -0.3 is 26.2 Å². The first-order valence-electron chi connectivity index (χ1n) is 8.52. The number of hydrogen-bond donors (Lipinski definition) is 5. The van der Waals surface area contributed by atoms with Crippen molar-refractivity contribution >= 4 is 29.5 Å². The van der Waals surface area contributed by atoms with Crippen molar-refractivity contribution in [1.82, 2.24) is 20.9 Å². The second-order valence-corrected chi connectivity index (χ2v) is 6.01. The summed E-state index contributed by atoms with van der Waals surface area (Å²) in [6, 6.07) is -0.735. The normalized spacial score (nSPS) is 11.7. The molecule has 5 N–H and O–H groups in total. The molecule has 0 aliphatic rings. The van der Waals surface area contributed by atoms with Gasteiger partial charge in [0.25, 0.3) is 0 Å². The Morgan fingerprint density at radius 2 is 1.52 bits per heavy atom. The van der Waals surface area contributed by atoms with E-state index in [9.17, 15) is 24.0 Å². The molecule has 0 rings (SSSR count). The summed E-state index contributed by atoms with van der Waals surface area (Å²) >= 11 is 0. The molecule has 0 saturated carbocycles. The predicted octanol–water partition coefficient (Wildman–Crippen LogP) is -1.96. The second kappa shape index (κ2) is 13.6. The summed E-state index contributed by atoms with van der Waals surface area (Å²) in [5.41, 5.74) is 0. The number of carbonyl (C=O) groups excluding carboxylic acids is 3. The summed E-state index contributed by atoms with van der Waals surface area (Å²) in [7, 11) is 1.77. The van der Waals surface area contributed by atoms with Gasteiger partial charge in [0.1, 0.15) is 0 Å². The van der Waals surface area contributed by atoms with Crippen LogP contribution in [0.1, 0.15) is 26.2 Å². The quantitative estimate of drug-likeness (QED) is 0.200. The first-order valence-corrected chi connectivity index (χ1v) is 8.52. The van der Waals surface area contributed by atoms with Crippen LogP contribution in [-0.2, 0) is 24.0 Å². The lowest BCUT2D eigenvalue weighted by Crippen LogP contribution is -2.45. The summed E-state index contributed by atoms with van der Waals surface area (Å²) in [4.78, 5) is 57.6. The smallest absolute Gasteiger partial charge is 0.317 e. The lowest BCUT2D eigenvalue weighted by molar-refractivity contribution is -0.142. The zero-order valence-corrected chi connectivity index (χ0v) is 15.6. The highest BCUT2D eigenvalue weighted by Crippen LogP contribution is 1.97. The Labute approximate surface area is 157 Å². The summed E-state index contributed by atoms with van der Waals surface area (Å²) in [5, 5.41) is 25.5. The summed E-state index contributed by atoms with van der Waals surface area (Å²) in [5.74, 6) is -3.57. The highest BCUT2D eigenvalue weighted by Gasteiger charge is 2.19. The molecule has 0 aromatic heterocycles.